The average molecular weight is 972 g/mol. The molecule has 0 aliphatic rings. The molecule has 0 spiro atoms. The smallest absolute Gasteiger partial charge is 0.306 e. The Bertz CT molecular complexity index is 1440. The molecule has 0 aliphatic heterocycles. The molecule has 1 unspecified atom stereocenters. The van der Waals surface area contributed by atoms with Gasteiger partial charge in [-0.1, -0.05) is 246 Å². The maximum Gasteiger partial charge on any atom is 0.306 e. The van der Waals surface area contributed by atoms with E-state index < -0.39 is 6.10 Å². The Labute approximate surface area is 431 Å². The Kier molecular flexibility index (Phi) is 54.4. The first-order valence-corrected chi connectivity index (χ1v) is 28.9. The molecular weight excluding hydrogens is 865 g/mol. The Morgan fingerprint density at radius 3 is 0.929 bits per heavy atom. The van der Waals surface area contributed by atoms with Crippen molar-refractivity contribution in [1.82, 2.24) is 0 Å². The standard InChI is InChI=1S/C64H106O6/c1-4-7-10-13-16-19-22-24-25-26-27-28-29-30-31-32-33-34-35-36-37-38-39-41-42-45-48-51-54-57-63(66)69-60-61(59-68-62(65)56-53-50-47-44-21-18-15-12-9-6-3)70-64(67)58-55-52-49-46-43-40-23-20-17-14-11-8-5-2/h7,10-11,14,16,19-20,23-25,27-28,30-31,33-34,36-37,61H,4-6,8-9,12-13,15,17-18,21-22,26,29,32,35,38-60H2,1-3H3/b10-7-,14-11-,19-16-,23-20-,25-24-,28-27-,31-30-,34-33-,37-36-. The van der Waals surface area contributed by atoms with Crippen LogP contribution in [0.15, 0.2) is 109 Å². The Morgan fingerprint density at radius 1 is 0.300 bits per heavy atom. The fraction of sp³-hybridized carbons (Fsp3) is 0.672. The first-order valence-electron chi connectivity index (χ1n) is 28.9. The van der Waals surface area contributed by atoms with Crippen molar-refractivity contribution in [3.8, 4) is 0 Å². The van der Waals surface area contributed by atoms with Gasteiger partial charge in [0.15, 0.2) is 6.10 Å². The lowest BCUT2D eigenvalue weighted by Gasteiger charge is -2.18. The van der Waals surface area contributed by atoms with Crippen LogP contribution in [-0.2, 0) is 28.6 Å². The number of carbonyl (C=O) groups excluding carboxylic acids is 3. The van der Waals surface area contributed by atoms with Crippen LogP contribution in [0.3, 0.4) is 0 Å². The number of esters is 3. The lowest BCUT2D eigenvalue weighted by atomic mass is 10.1. The minimum atomic E-state index is -0.789. The molecule has 0 N–H and O–H groups in total. The second kappa shape index (κ2) is 57.6. The number of hydrogen-bond acceptors (Lipinski definition) is 6. The summed E-state index contributed by atoms with van der Waals surface area (Å²) in [5.74, 6) is -0.915. The lowest BCUT2D eigenvalue weighted by molar-refractivity contribution is -0.167. The highest BCUT2D eigenvalue weighted by atomic mass is 16.6. The SMILES string of the molecule is CC/C=C\C/C=C\C/C=C\C/C=C\C/C=C\C/C=C\C/C=C\CCCCCCCCCC(=O)OCC(COC(=O)CCCCCCCCCCCC)OC(=O)CCCCCCC/C=C\C/C=C\CCC. The molecule has 0 aromatic heterocycles. The summed E-state index contributed by atoms with van der Waals surface area (Å²) in [7, 11) is 0. The zero-order valence-corrected chi connectivity index (χ0v) is 45.5. The maximum absolute atomic E-state index is 12.8. The van der Waals surface area contributed by atoms with E-state index in [9.17, 15) is 14.4 Å². The van der Waals surface area contributed by atoms with Crippen molar-refractivity contribution in [3.63, 3.8) is 0 Å². The summed E-state index contributed by atoms with van der Waals surface area (Å²) in [6.07, 6.45) is 78.0. The fourth-order valence-electron chi connectivity index (χ4n) is 7.70. The molecule has 0 bridgehead atoms. The minimum absolute atomic E-state index is 0.0865. The van der Waals surface area contributed by atoms with Crippen LogP contribution in [0.5, 0.6) is 0 Å². The van der Waals surface area contributed by atoms with E-state index in [1.54, 1.807) is 0 Å². The van der Waals surface area contributed by atoms with Crippen LogP contribution in [0.1, 0.15) is 258 Å². The monoisotopic (exact) mass is 971 g/mol. The molecule has 0 aromatic rings. The van der Waals surface area contributed by atoms with Gasteiger partial charge in [-0.25, -0.2) is 0 Å². The van der Waals surface area contributed by atoms with Gasteiger partial charge in [0.05, 0.1) is 0 Å². The van der Waals surface area contributed by atoms with Crippen molar-refractivity contribution in [2.45, 2.75) is 264 Å². The van der Waals surface area contributed by atoms with Crippen molar-refractivity contribution < 1.29 is 28.6 Å². The van der Waals surface area contributed by atoms with Crippen LogP contribution >= 0.6 is 0 Å². The van der Waals surface area contributed by atoms with Gasteiger partial charge in [-0.2, -0.15) is 0 Å². The molecule has 0 aliphatic carbocycles. The highest BCUT2D eigenvalue weighted by molar-refractivity contribution is 5.71. The number of allylic oxidation sites excluding steroid dienone is 18. The number of ether oxygens (including phenoxy) is 3. The Morgan fingerprint density at radius 2 is 0.586 bits per heavy atom. The molecule has 0 fully saturated rings. The summed E-state index contributed by atoms with van der Waals surface area (Å²) in [6, 6.07) is 0. The van der Waals surface area contributed by atoms with Crippen LogP contribution in [-0.4, -0.2) is 37.2 Å². The van der Waals surface area contributed by atoms with Crippen molar-refractivity contribution in [2.24, 2.45) is 0 Å². The molecular formula is C64H106O6. The summed E-state index contributed by atoms with van der Waals surface area (Å²) in [4.78, 5) is 38.0. The predicted molar refractivity (Wildman–Crippen MR) is 302 cm³/mol. The number of rotatable bonds is 51. The lowest BCUT2D eigenvalue weighted by Crippen LogP contribution is -2.30. The van der Waals surface area contributed by atoms with E-state index in [1.807, 2.05) is 0 Å². The third kappa shape index (κ3) is 55.0. The van der Waals surface area contributed by atoms with E-state index in [-0.39, 0.29) is 31.1 Å². The molecule has 0 aromatic carbocycles. The van der Waals surface area contributed by atoms with Crippen molar-refractivity contribution in [3.05, 3.63) is 109 Å². The molecule has 1 atom stereocenters. The van der Waals surface area contributed by atoms with E-state index >= 15 is 0 Å². The quantitative estimate of drug-likeness (QED) is 0.0262. The van der Waals surface area contributed by atoms with E-state index in [0.29, 0.717) is 19.3 Å². The first-order chi connectivity index (χ1) is 34.5. The highest BCUT2D eigenvalue weighted by Crippen LogP contribution is 2.14. The first kappa shape index (κ1) is 66.1. The molecule has 0 saturated heterocycles. The third-order valence-electron chi connectivity index (χ3n) is 12.0. The van der Waals surface area contributed by atoms with Crippen molar-refractivity contribution >= 4 is 17.9 Å². The third-order valence-corrected chi connectivity index (χ3v) is 12.0. The van der Waals surface area contributed by atoms with Crippen molar-refractivity contribution in [2.75, 3.05) is 13.2 Å². The van der Waals surface area contributed by atoms with E-state index in [4.69, 9.17) is 14.2 Å². The number of carbonyl (C=O) groups is 3. The van der Waals surface area contributed by atoms with Gasteiger partial charge in [-0.15, -0.1) is 0 Å². The van der Waals surface area contributed by atoms with Gasteiger partial charge in [0, 0.05) is 19.3 Å². The summed E-state index contributed by atoms with van der Waals surface area (Å²) in [5, 5.41) is 0. The highest BCUT2D eigenvalue weighted by Gasteiger charge is 2.19. The second-order valence-electron chi connectivity index (χ2n) is 18.8. The summed E-state index contributed by atoms with van der Waals surface area (Å²) in [6.45, 7) is 6.42. The molecule has 6 nitrogen and oxygen atoms in total. The zero-order chi connectivity index (χ0) is 50.7. The van der Waals surface area contributed by atoms with E-state index in [1.165, 1.54) is 77.0 Å². The Balaban J connectivity index is 4.26. The predicted octanol–water partition coefficient (Wildman–Crippen LogP) is 19.5. The summed E-state index contributed by atoms with van der Waals surface area (Å²) in [5.41, 5.74) is 0. The molecule has 398 valence electrons. The van der Waals surface area contributed by atoms with Gasteiger partial charge in [0.25, 0.3) is 0 Å². The maximum atomic E-state index is 12.8. The zero-order valence-electron chi connectivity index (χ0n) is 45.5. The average Bonchev–Trinajstić information content (AvgIpc) is 3.36. The molecule has 0 heterocycles. The van der Waals surface area contributed by atoms with Gasteiger partial charge in [0.2, 0.25) is 0 Å². The van der Waals surface area contributed by atoms with Gasteiger partial charge < -0.3 is 14.2 Å². The van der Waals surface area contributed by atoms with Gasteiger partial charge in [0.1, 0.15) is 13.2 Å². The van der Waals surface area contributed by atoms with Crippen LogP contribution in [0.25, 0.3) is 0 Å². The van der Waals surface area contributed by atoms with Crippen molar-refractivity contribution in [1.29, 1.82) is 0 Å². The number of unbranched alkanes of at least 4 members (excludes halogenated alkanes) is 22. The molecule has 70 heavy (non-hydrogen) atoms. The van der Waals surface area contributed by atoms with Gasteiger partial charge in [-0.05, 0) is 103 Å². The summed E-state index contributed by atoms with van der Waals surface area (Å²) >= 11 is 0. The normalized spacial score (nSPS) is 12.9. The van der Waals surface area contributed by atoms with Crippen LogP contribution in [0.4, 0.5) is 0 Å². The van der Waals surface area contributed by atoms with Crippen LogP contribution in [0.2, 0.25) is 0 Å². The molecule has 0 rings (SSSR count). The molecule has 0 radical (unpaired) electrons. The van der Waals surface area contributed by atoms with Gasteiger partial charge >= 0.3 is 17.9 Å². The summed E-state index contributed by atoms with van der Waals surface area (Å²) < 4.78 is 16.8. The Hall–Kier alpha value is -3.93. The van der Waals surface area contributed by atoms with E-state index in [0.717, 1.165) is 141 Å². The fourth-order valence-corrected chi connectivity index (χ4v) is 7.70. The minimum Gasteiger partial charge on any atom is -0.462 e. The second-order valence-corrected chi connectivity index (χ2v) is 18.8. The number of hydrogen-bond donors (Lipinski definition) is 0. The van der Waals surface area contributed by atoms with Crippen LogP contribution < -0.4 is 0 Å². The molecule has 0 saturated carbocycles. The van der Waals surface area contributed by atoms with E-state index in [2.05, 4.69) is 130 Å². The topological polar surface area (TPSA) is 78.9 Å². The largest absolute Gasteiger partial charge is 0.462 e. The molecule has 0 amide bonds. The van der Waals surface area contributed by atoms with Crippen LogP contribution in [0, 0.1) is 0 Å². The van der Waals surface area contributed by atoms with Gasteiger partial charge in [-0.3, -0.25) is 14.4 Å². The molecule has 6 heteroatoms.